The van der Waals surface area contributed by atoms with Crippen LogP contribution < -0.4 is 0 Å². The summed E-state index contributed by atoms with van der Waals surface area (Å²) in [4.78, 5) is 2.55. The van der Waals surface area contributed by atoms with E-state index in [1.807, 2.05) is 10.7 Å². The maximum Gasteiger partial charge on any atom is 0.0972 e. The van der Waals surface area contributed by atoms with E-state index in [2.05, 4.69) is 95.5 Å². The van der Waals surface area contributed by atoms with Gasteiger partial charge in [0.1, 0.15) is 0 Å². The first-order chi connectivity index (χ1) is 13.8. The van der Waals surface area contributed by atoms with Crippen LogP contribution >= 0.6 is 0 Å². The molecule has 0 N–H and O–H groups in total. The van der Waals surface area contributed by atoms with E-state index in [1.54, 1.807) is 0 Å². The van der Waals surface area contributed by atoms with Gasteiger partial charge in [-0.05, 0) is 31.2 Å². The van der Waals surface area contributed by atoms with Crippen molar-refractivity contribution in [1.82, 2.24) is 19.2 Å². The zero-order valence-electron chi connectivity index (χ0n) is 16.1. The Hall–Kier alpha value is -3.11. The first-order valence-electron chi connectivity index (χ1n) is 9.88. The molecular formula is C24H24N4. The lowest BCUT2D eigenvalue weighted by Crippen LogP contribution is -2.35. The fraction of sp³-hybridized carbons (Fsp3) is 0.208. The molecule has 0 amide bonds. The van der Waals surface area contributed by atoms with Gasteiger partial charge in [-0.3, -0.25) is 4.90 Å². The highest BCUT2D eigenvalue weighted by Gasteiger charge is 2.25. The van der Waals surface area contributed by atoms with Crippen LogP contribution in [-0.2, 0) is 13.1 Å². The summed E-state index contributed by atoms with van der Waals surface area (Å²) in [5.41, 5.74) is 5.98. The van der Waals surface area contributed by atoms with Gasteiger partial charge in [-0.25, -0.2) is 4.68 Å². The summed E-state index contributed by atoms with van der Waals surface area (Å²) < 4.78 is 4.38. The first kappa shape index (κ1) is 17.0. The second-order valence-corrected chi connectivity index (χ2v) is 7.42. The second kappa shape index (κ2) is 7.13. The quantitative estimate of drug-likeness (QED) is 0.511. The van der Waals surface area contributed by atoms with Gasteiger partial charge in [-0.15, -0.1) is 0 Å². The molecule has 4 heteroatoms. The molecule has 28 heavy (non-hydrogen) atoms. The van der Waals surface area contributed by atoms with E-state index in [9.17, 15) is 0 Å². The molecule has 1 unspecified atom stereocenters. The molecule has 0 saturated heterocycles. The van der Waals surface area contributed by atoms with Gasteiger partial charge in [0.25, 0.3) is 0 Å². The third-order valence-electron chi connectivity index (χ3n) is 5.70. The number of benzene rings is 2. The van der Waals surface area contributed by atoms with Crippen molar-refractivity contribution < 1.29 is 0 Å². The fourth-order valence-corrected chi connectivity index (χ4v) is 4.14. The van der Waals surface area contributed by atoms with Crippen LogP contribution in [-0.4, -0.2) is 25.8 Å². The topological polar surface area (TPSA) is 26.0 Å². The summed E-state index contributed by atoms with van der Waals surface area (Å²) in [7, 11) is 0. The van der Waals surface area contributed by atoms with E-state index in [0.717, 1.165) is 31.0 Å². The average molecular weight is 368 g/mol. The Morgan fingerprint density at radius 3 is 2.43 bits per heavy atom. The zero-order chi connectivity index (χ0) is 18.9. The monoisotopic (exact) mass is 368 g/mol. The van der Waals surface area contributed by atoms with E-state index < -0.39 is 0 Å². The van der Waals surface area contributed by atoms with Crippen molar-refractivity contribution in [2.75, 3.05) is 6.54 Å². The maximum absolute atomic E-state index is 4.96. The Bertz CT molecular complexity index is 1060. The van der Waals surface area contributed by atoms with Crippen LogP contribution in [0, 0.1) is 0 Å². The van der Waals surface area contributed by atoms with Gasteiger partial charge >= 0.3 is 0 Å². The minimum absolute atomic E-state index is 0.396. The van der Waals surface area contributed by atoms with Crippen LogP contribution in [0.4, 0.5) is 0 Å². The summed E-state index contributed by atoms with van der Waals surface area (Å²) in [5, 5.41) is 4.96. The molecule has 1 atom stereocenters. The Kier molecular flexibility index (Phi) is 4.34. The maximum atomic E-state index is 4.96. The van der Waals surface area contributed by atoms with E-state index >= 15 is 0 Å². The molecule has 4 aromatic rings. The van der Waals surface area contributed by atoms with Crippen molar-refractivity contribution in [3.05, 3.63) is 96.4 Å². The molecular weight excluding hydrogens is 344 g/mol. The normalized spacial score (nSPS) is 16.8. The SMILES string of the molecule is CC1c2cccn2CCN1Cc1cn(-c2ccccc2)nc1-c1ccccc1. The molecule has 0 radical (unpaired) electrons. The van der Waals surface area contributed by atoms with Crippen LogP contribution in [0.3, 0.4) is 0 Å². The number of rotatable bonds is 4. The third kappa shape index (κ3) is 3.06. The van der Waals surface area contributed by atoms with Crippen LogP contribution in [0.5, 0.6) is 0 Å². The molecule has 4 nitrogen and oxygen atoms in total. The largest absolute Gasteiger partial charge is 0.349 e. The van der Waals surface area contributed by atoms with Gasteiger partial charge in [-0.2, -0.15) is 5.10 Å². The number of hydrogen-bond donors (Lipinski definition) is 0. The predicted octanol–water partition coefficient (Wildman–Crippen LogP) is 4.92. The molecule has 1 aliphatic rings. The minimum Gasteiger partial charge on any atom is -0.349 e. The number of aromatic nitrogens is 3. The number of nitrogens with zero attached hydrogens (tertiary/aromatic N) is 4. The van der Waals surface area contributed by atoms with Gasteiger partial charge in [0.05, 0.1) is 11.4 Å². The number of para-hydroxylation sites is 1. The molecule has 0 bridgehead atoms. The zero-order valence-corrected chi connectivity index (χ0v) is 16.1. The van der Waals surface area contributed by atoms with Gasteiger partial charge in [0, 0.05) is 54.9 Å². The standard InChI is InChI=1S/C24H24N4/c1-19-23-13-8-14-26(23)15-16-27(19)17-21-18-28(22-11-6-3-7-12-22)25-24(21)20-9-4-2-5-10-20/h2-14,18-19H,15-17H2,1H3. The summed E-state index contributed by atoms with van der Waals surface area (Å²) in [5.74, 6) is 0. The van der Waals surface area contributed by atoms with Gasteiger partial charge in [0.2, 0.25) is 0 Å². The Labute approximate surface area is 165 Å². The molecule has 1 aliphatic heterocycles. The molecule has 0 aliphatic carbocycles. The third-order valence-corrected chi connectivity index (χ3v) is 5.70. The Morgan fingerprint density at radius 1 is 0.893 bits per heavy atom. The van der Waals surface area contributed by atoms with E-state index in [-0.39, 0.29) is 0 Å². The smallest absolute Gasteiger partial charge is 0.0972 e. The molecule has 0 fully saturated rings. The van der Waals surface area contributed by atoms with E-state index in [4.69, 9.17) is 5.10 Å². The molecule has 140 valence electrons. The molecule has 5 rings (SSSR count). The lowest BCUT2D eigenvalue weighted by Gasteiger charge is -2.34. The van der Waals surface area contributed by atoms with Gasteiger partial charge < -0.3 is 4.57 Å². The minimum atomic E-state index is 0.396. The molecule has 2 aromatic carbocycles. The molecule has 0 saturated carbocycles. The van der Waals surface area contributed by atoms with Crippen LogP contribution in [0.1, 0.15) is 24.2 Å². The van der Waals surface area contributed by atoms with E-state index in [1.165, 1.54) is 16.8 Å². The number of hydrogen-bond acceptors (Lipinski definition) is 2. The summed E-state index contributed by atoms with van der Waals surface area (Å²) in [6, 6.07) is 25.6. The van der Waals surface area contributed by atoms with Crippen molar-refractivity contribution in [3.63, 3.8) is 0 Å². The molecule has 2 aromatic heterocycles. The summed E-state index contributed by atoms with van der Waals surface area (Å²) in [6.07, 6.45) is 4.38. The second-order valence-electron chi connectivity index (χ2n) is 7.42. The van der Waals surface area contributed by atoms with Crippen LogP contribution in [0.2, 0.25) is 0 Å². The highest BCUT2D eigenvalue weighted by Crippen LogP contribution is 2.30. The lowest BCUT2D eigenvalue weighted by atomic mass is 10.1. The van der Waals surface area contributed by atoms with Crippen molar-refractivity contribution in [3.8, 4) is 16.9 Å². The molecule has 3 heterocycles. The first-order valence-corrected chi connectivity index (χ1v) is 9.88. The highest BCUT2D eigenvalue weighted by atomic mass is 15.3. The summed E-state index contributed by atoms with van der Waals surface area (Å²) >= 11 is 0. The fourth-order valence-electron chi connectivity index (χ4n) is 4.14. The van der Waals surface area contributed by atoms with Crippen molar-refractivity contribution >= 4 is 0 Å². The van der Waals surface area contributed by atoms with Crippen molar-refractivity contribution in [1.29, 1.82) is 0 Å². The lowest BCUT2D eigenvalue weighted by molar-refractivity contribution is 0.161. The van der Waals surface area contributed by atoms with Gasteiger partial charge in [-0.1, -0.05) is 48.5 Å². The van der Waals surface area contributed by atoms with E-state index in [0.29, 0.717) is 6.04 Å². The average Bonchev–Trinajstić information content (AvgIpc) is 3.39. The predicted molar refractivity (Wildman–Crippen MR) is 112 cm³/mol. The Balaban J connectivity index is 1.52. The van der Waals surface area contributed by atoms with Crippen molar-refractivity contribution in [2.45, 2.75) is 26.1 Å². The number of fused-ring (bicyclic) bond motifs is 1. The van der Waals surface area contributed by atoms with Crippen LogP contribution in [0.25, 0.3) is 16.9 Å². The summed E-state index contributed by atoms with van der Waals surface area (Å²) in [6.45, 7) is 5.28. The highest BCUT2D eigenvalue weighted by molar-refractivity contribution is 5.63. The van der Waals surface area contributed by atoms with Crippen molar-refractivity contribution in [2.24, 2.45) is 0 Å². The Morgan fingerprint density at radius 2 is 1.64 bits per heavy atom. The molecule has 0 spiro atoms. The van der Waals surface area contributed by atoms with Gasteiger partial charge in [0.15, 0.2) is 0 Å². The van der Waals surface area contributed by atoms with Crippen LogP contribution in [0.15, 0.2) is 85.2 Å².